The van der Waals surface area contributed by atoms with Crippen LogP contribution in [0, 0.1) is 6.92 Å². The highest BCUT2D eigenvalue weighted by atomic mass is 32.1. The van der Waals surface area contributed by atoms with Crippen LogP contribution in [0.4, 0.5) is 5.69 Å². The minimum absolute atomic E-state index is 0.240. The Hall–Kier alpha value is -3.23. The minimum Gasteiger partial charge on any atom is -0.497 e. The SMILES string of the molecule is COc1ccc(Oc2ncccc2NC(=O)c2sc(-c3cccs3)nc2C)cc1. The van der Waals surface area contributed by atoms with Crippen molar-refractivity contribution in [1.29, 1.82) is 0 Å². The summed E-state index contributed by atoms with van der Waals surface area (Å²) in [6.45, 7) is 1.83. The molecule has 0 atom stereocenters. The second kappa shape index (κ2) is 8.42. The maximum Gasteiger partial charge on any atom is 0.267 e. The summed E-state index contributed by atoms with van der Waals surface area (Å²) >= 11 is 2.97. The van der Waals surface area contributed by atoms with Crippen molar-refractivity contribution in [3.63, 3.8) is 0 Å². The Labute approximate surface area is 175 Å². The van der Waals surface area contributed by atoms with E-state index >= 15 is 0 Å². The molecule has 29 heavy (non-hydrogen) atoms. The average Bonchev–Trinajstić information content (AvgIpc) is 3.40. The van der Waals surface area contributed by atoms with Gasteiger partial charge >= 0.3 is 0 Å². The van der Waals surface area contributed by atoms with Gasteiger partial charge in [0.2, 0.25) is 5.88 Å². The molecule has 4 rings (SSSR count). The molecule has 0 aliphatic heterocycles. The number of aromatic nitrogens is 2. The normalized spacial score (nSPS) is 10.6. The van der Waals surface area contributed by atoms with Crippen LogP contribution < -0.4 is 14.8 Å². The number of hydrogen-bond acceptors (Lipinski definition) is 7. The van der Waals surface area contributed by atoms with Gasteiger partial charge in [-0.25, -0.2) is 9.97 Å². The first-order valence-electron chi connectivity index (χ1n) is 8.73. The molecule has 146 valence electrons. The van der Waals surface area contributed by atoms with Gasteiger partial charge in [-0.3, -0.25) is 4.79 Å². The predicted octanol–water partition coefficient (Wildman–Crippen LogP) is 5.63. The second-order valence-electron chi connectivity index (χ2n) is 6.00. The Morgan fingerprint density at radius 3 is 2.59 bits per heavy atom. The van der Waals surface area contributed by atoms with Crippen LogP contribution in [0.3, 0.4) is 0 Å². The van der Waals surface area contributed by atoms with Gasteiger partial charge in [0.25, 0.3) is 5.91 Å². The number of benzene rings is 1. The summed E-state index contributed by atoms with van der Waals surface area (Å²) in [6, 6.07) is 14.6. The Kier molecular flexibility index (Phi) is 5.55. The summed E-state index contributed by atoms with van der Waals surface area (Å²) in [5, 5.41) is 5.72. The lowest BCUT2D eigenvalue weighted by molar-refractivity contribution is 0.102. The van der Waals surface area contributed by atoms with E-state index < -0.39 is 0 Å². The number of pyridine rings is 1. The zero-order valence-electron chi connectivity index (χ0n) is 15.7. The monoisotopic (exact) mass is 423 g/mol. The molecule has 0 radical (unpaired) electrons. The fraction of sp³-hybridized carbons (Fsp3) is 0.0952. The number of amides is 1. The number of ether oxygens (including phenoxy) is 2. The molecule has 8 heteroatoms. The van der Waals surface area contributed by atoms with Gasteiger partial charge in [0.05, 0.1) is 17.7 Å². The Morgan fingerprint density at radius 2 is 1.86 bits per heavy atom. The number of methoxy groups -OCH3 is 1. The quantitative estimate of drug-likeness (QED) is 0.435. The lowest BCUT2D eigenvalue weighted by Crippen LogP contribution is -2.12. The van der Waals surface area contributed by atoms with E-state index in [-0.39, 0.29) is 5.91 Å². The van der Waals surface area contributed by atoms with Crippen molar-refractivity contribution >= 4 is 34.3 Å². The van der Waals surface area contributed by atoms with E-state index in [0.717, 1.165) is 15.6 Å². The molecular formula is C21H17N3O3S2. The van der Waals surface area contributed by atoms with Gasteiger partial charge in [0, 0.05) is 6.20 Å². The number of carbonyl (C=O) groups is 1. The fourth-order valence-electron chi connectivity index (χ4n) is 2.61. The van der Waals surface area contributed by atoms with E-state index in [1.54, 1.807) is 61.0 Å². The molecule has 1 aromatic carbocycles. The molecule has 3 heterocycles. The van der Waals surface area contributed by atoms with Crippen molar-refractivity contribution in [3.8, 4) is 27.3 Å². The highest BCUT2D eigenvalue weighted by Crippen LogP contribution is 2.33. The van der Waals surface area contributed by atoms with E-state index in [1.807, 2.05) is 24.4 Å². The van der Waals surface area contributed by atoms with Crippen LogP contribution in [0.25, 0.3) is 9.88 Å². The van der Waals surface area contributed by atoms with Crippen molar-refractivity contribution in [2.24, 2.45) is 0 Å². The first kappa shape index (κ1) is 19.1. The zero-order valence-corrected chi connectivity index (χ0v) is 17.3. The first-order chi connectivity index (χ1) is 14.1. The number of aryl methyl sites for hydroxylation is 1. The van der Waals surface area contributed by atoms with Crippen LogP contribution in [0.1, 0.15) is 15.4 Å². The summed E-state index contributed by atoms with van der Waals surface area (Å²) in [5.41, 5.74) is 1.18. The van der Waals surface area contributed by atoms with Gasteiger partial charge in [-0.05, 0) is 54.8 Å². The topological polar surface area (TPSA) is 73.3 Å². The smallest absolute Gasteiger partial charge is 0.267 e. The standard InChI is InChI=1S/C21H17N3O3S2/c1-13-18(29-21(23-13)17-6-4-12-28-17)19(25)24-16-5-3-11-22-20(16)27-15-9-7-14(26-2)8-10-15/h3-12H,1-2H3,(H,24,25). The third kappa shape index (κ3) is 4.28. The fourth-order valence-corrected chi connectivity index (χ4v) is 4.37. The Morgan fingerprint density at radius 1 is 1.07 bits per heavy atom. The van der Waals surface area contributed by atoms with Gasteiger partial charge in [-0.2, -0.15) is 0 Å². The summed E-state index contributed by atoms with van der Waals surface area (Å²) < 4.78 is 11.0. The third-order valence-electron chi connectivity index (χ3n) is 4.03. The largest absolute Gasteiger partial charge is 0.497 e. The molecule has 0 aliphatic carbocycles. The molecule has 4 aromatic rings. The van der Waals surface area contributed by atoms with Gasteiger partial charge in [-0.15, -0.1) is 22.7 Å². The maximum atomic E-state index is 12.9. The lowest BCUT2D eigenvalue weighted by atomic mass is 10.3. The molecule has 6 nitrogen and oxygen atoms in total. The first-order valence-corrected chi connectivity index (χ1v) is 10.4. The molecule has 0 saturated carbocycles. The predicted molar refractivity (Wildman–Crippen MR) is 115 cm³/mol. The summed E-state index contributed by atoms with van der Waals surface area (Å²) in [5.74, 6) is 1.39. The molecule has 0 bridgehead atoms. The highest BCUT2D eigenvalue weighted by molar-refractivity contribution is 7.22. The average molecular weight is 424 g/mol. The van der Waals surface area contributed by atoms with Gasteiger partial charge in [-0.1, -0.05) is 6.07 Å². The lowest BCUT2D eigenvalue weighted by Gasteiger charge is -2.11. The zero-order chi connectivity index (χ0) is 20.2. The maximum absolute atomic E-state index is 12.9. The van der Waals surface area contributed by atoms with Crippen molar-refractivity contribution in [1.82, 2.24) is 9.97 Å². The Bertz CT molecular complexity index is 1120. The van der Waals surface area contributed by atoms with Gasteiger partial charge < -0.3 is 14.8 Å². The van der Waals surface area contributed by atoms with Crippen molar-refractivity contribution in [2.45, 2.75) is 6.92 Å². The van der Waals surface area contributed by atoms with Crippen molar-refractivity contribution in [2.75, 3.05) is 12.4 Å². The van der Waals surface area contributed by atoms with Gasteiger partial charge in [0.15, 0.2) is 0 Å². The number of nitrogens with one attached hydrogen (secondary N) is 1. The van der Waals surface area contributed by atoms with Crippen LogP contribution in [0.5, 0.6) is 17.4 Å². The third-order valence-corrected chi connectivity index (χ3v) is 6.22. The number of thiazole rings is 1. The van der Waals surface area contributed by atoms with Crippen molar-refractivity contribution < 1.29 is 14.3 Å². The Balaban J connectivity index is 1.54. The van der Waals surface area contributed by atoms with E-state index in [2.05, 4.69) is 15.3 Å². The van der Waals surface area contributed by atoms with E-state index in [4.69, 9.17) is 9.47 Å². The van der Waals surface area contributed by atoms with Crippen LogP contribution in [-0.4, -0.2) is 23.0 Å². The molecule has 1 amide bonds. The van der Waals surface area contributed by atoms with E-state index in [1.165, 1.54) is 11.3 Å². The summed E-state index contributed by atoms with van der Waals surface area (Å²) in [7, 11) is 1.60. The number of hydrogen-bond donors (Lipinski definition) is 1. The molecule has 1 N–H and O–H groups in total. The molecule has 0 aliphatic rings. The van der Waals surface area contributed by atoms with Crippen LogP contribution in [-0.2, 0) is 0 Å². The summed E-state index contributed by atoms with van der Waals surface area (Å²) in [4.78, 5) is 23.3. The molecule has 0 fully saturated rings. The number of nitrogens with zero attached hydrogens (tertiary/aromatic N) is 2. The molecule has 0 unspecified atom stereocenters. The summed E-state index contributed by atoms with van der Waals surface area (Å²) in [6.07, 6.45) is 1.61. The highest BCUT2D eigenvalue weighted by Gasteiger charge is 2.18. The molecule has 3 aromatic heterocycles. The minimum atomic E-state index is -0.240. The second-order valence-corrected chi connectivity index (χ2v) is 7.95. The van der Waals surface area contributed by atoms with E-state index in [9.17, 15) is 4.79 Å². The number of rotatable bonds is 6. The number of thiophene rings is 1. The van der Waals surface area contributed by atoms with Gasteiger partial charge in [0.1, 0.15) is 27.1 Å². The molecule has 0 spiro atoms. The van der Waals surface area contributed by atoms with Crippen LogP contribution >= 0.6 is 22.7 Å². The molecule has 0 saturated heterocycles. The number of carbonyl (C=O) groups excluding carboxylic acids is 1. The molecular weight excluding hydrogens is 406 g/mol. The van der Waals surface area contributed by atoms with Crippen LogP contribution in [0.2, 0.25) is 0 Å². The van der Waals surface area contributed by atoms with E-state index in [0.29, 0.717) is 27.9 Å². The van der Waals surface area contributed by atoms with Crippen LogP contribution in [0.15, 0.2) is 60.1 Å². The number of anilines is 1. The van der Waals surface area contributed by atoms with Crippen molar-refractivity contribution in [3.05, 3.63) is 70.7 Å².